The van der Waals surface area contributed by atoms with E-state index in [1.807, 2.05) is 36.4 Å². The van der Waals surface area contributed by atoms with Gasteiger partial charge in [0.15, 0.2) is 10.9 Å². The number of nitrogens with one attached hydrogen (secondary N) is 1. The number of ketones is 1. The van der Waals surface area contributed by atoms with Gasteiger partial charge in [0.05, 0.1) is 5.75 Å². The van der Waals surface area contributed by atoms with E-state index in [2.05, 4.69) is 15.2 Å². The van der Waals surface area contributed by atoms with E-state index in [4.69, 9.17) is 0 Å². The zero-order valence-corrected chi connectivity index (χ0v) is 9.85. The Kier molecular flexibility index (Phi) is 4.10. The van der Waals surface area contributed by atoms with E-state index < -0.39 is 0 Å². The Morgan fingerprint density at radius 3 is 2.88 bits per heavy atom. The SMILES string of the molecule is O=C(C=Cc1ccccc1)CSc1ncn[nH]1. The third kappa shape index (κ3) is 3.88. The van der Waals surface area contributed by atoms with Crippen LogP contribution in [-0.4, -0.2) is 26.7 Å². The van der Waals surface area contributed by atoms with Gasteiger partial charge in [0.1, 0.15) is 6.33 Å². The fourth-order valence-electron chi connectivity index (χ4n) is 1.20. The molecular weight excluding hydrogens is 234 g/mol. The van der Waals surface area contributed by atoms with E-state index >= 15 is 0 Å². The molecule has 1 heterocycles. The molecule has 0 unspecified atom stereocenters. The van der Waals surface area contributed by atoms with Gasteiger partial charge in [-0.15, -0.1) is 0 Å². The van der Waals surface area contributed by atoms with E-state index in [0.717, 1.165) is 5.56 Å². The van der Waals surface area contributed by atoms with Crippen LogP contribution in [0.1, 0.15) is 5.56 Å². The Hall–Kier alpha value is -1.88. The number of carbonyl (C=O) groups is 1. The molecule has 2 aromatic rings. The van der Waals surface area contributed by atoms with Crippen LogP contribution < -0.4 is 0 Å². The van der Waals surface area contributed by atoms with Gasteiger partial charge >= 0.3 is 0 Å². The summed E-state index contributed by atoms with van der Waals surface area (Å²) in [5, 5.41) is 7.06. The van der Waals surface area contributed by atoms with Crippen molar-refractivity contribution in [3.63, 3.8) is 0 Å². The van der Waals surface area contributed by atoms with Crippen molar-refractivity contribution in [2.45, 2.75) is 5.16 Å². The smallest absolute Gasteiger partial charge is 0.183 e. The highest BCUT2D eigenvalue weighted by Crippen LogP contribution is 2.11. The number of thioether (sulfide) groups is 1. The van der Waals surface area contributed by atoms with Crippen molar-refractivity contribution >= 4 is 23.6 Å². The van der Waals surface area contributed by atoms with Gasteiger partial charge in [-0.3, -0.25) is 9.89 Å². The number of hydrogen-bond donors (Lipinski definition) is 1. The topological polar surface area (TPSA) is 58.6 Å². The predicted octanol–water partition coefficient (Wildman–Crippen LogP) is 2.18. The van der Waals surface area contributed by atoms with Crippen LogP contribution in [0.5, 0.6) is 0 Å². The second-order valence-electron chi connectivity index (χ2n) is 3.29. The molecule has 0 amide bonds. The first-order chi connectivity index (χ1) is 8.34. The zero-order chi connectivity index (χ0) is 11.9. The molecule has 0 fully saturated rings. The minimum atomic E-state index is 0.0512. The highest BCUT2D eigenvalue weighted by Gasteiger charge is 2.01. The molecule has 0 spiro atoms. The van der Waals surface area contributed by atoms with Crippen molar-refractivity contribution in [1.29, 1.82) is 0 Å². The number of hydrogen-bond acceptors (Lipinski definition) is 4. The lowest BCUT2D eigenvalue weighted by Crippen LogP contribution is -1.96. The van der Waals surface area contributed by atoms with E-state index in [1.54, 1.807) is 6.08 Å². The average Bonchev–Trinajstić information content (AvgIpc) is 2.88. The maximum atomic E-state index is 11.5. The molecule has 0 saturated carbocycles. The molecule has 4 nitrogen and oxygen atoms in total. The number of rotatable bonds is 5. The molecule has 5 heteroatoms. The summed E-state index contributed by atoms with van der Waals surface area (Å²) >= 11 is 1.34. The van der Waals surface area contributed by atoms with Crippen LogP contribution >= 0.6 is 11.8 Å². The molecule has 0 aliphatic rings. The Balaban J connectivity index is 1.83. The number of aromatic amines is 1. The molecule has 1 aromatic heterocycles. The largest absolute Gasteiger partial charge is 0.294 e. The predicted molar refractivity (Wildman–Crippen MR) is 67.6 cm³/mol. The lowest BCUT2D eigenvalue weighted by Gasteiger charge is -1.93. The van der Waals surface area contributed by atoms with Gasteiger partial charge in [-0.2, -0.15) is 5.10 Å². The van der Waals surface area contributed by atoms with Crippen LogP contribution in [0.15, 0.2) is 47.9 Å². The average molecular weight is 245 g/mol. The molecule has 0 bridgehead atoms. The van der Waals surface area contributed by atoms with Gasteiger partial charge in [-0.1, -0.05) is 48.2 Å². The highest BCUT2D eigenvalue weighted by atomic mass is 32.2. The van der Waals surface area contributed by atoms with Gasteiger partial charge < -0.3 is 0 Å². The summed E-state index contributed by atoms with van der Waals surface area (Å²) in [5.41, 5.74) is 1.02. The lowest BCUT2D eigenvalue weighted by atomic mass is 10.2. The van der Waals surface area contributed by atoms with E-state index in [1.165, 1.54) is 18.1 Å². The minimum absolute atomic E-state index is 0.0512. The van der Waals surface area contributed by atoms with Crippen molar-refractivity contribution in [2.24, 2.45) is 0 Å². The summed E-state index contributed by atoms with van der Waals surface area (Å²) in [6.07, 6.45) is 4.81. The van der Waals surface area contributed by atoms with Crippen LogP contribution in [0, 0.1) is 0 Å². The fraction of sp³-hybridized carbons (Fsp3) is 0.0833. The summed E-state index contributed by atoms with van der Waals surface area (Å²) < 4.78 is 0. The zero-order valence-electron chi connectivity index (χ0n) is 9.04. The van der Waals surface area contributed by atoms with Crippen LogP contribution in [-0.2, 0) is 4.79 Å². The second kappa shape index (κ2) is 6.00. The van der Waals surface area contributed by atoms with Crippen molar-refractivity contribution < 1.29 is 4.79 Å². The molecule has 0 aliphatic carbocycles. The van der Waals surface area contributed by atoms with Gasteiger partial charge in [-0.05, 0) is 11.6 Å². The molecule has 0 saturated heterocycles. The molecule has 0 atom stereocenters. The van der Waals surface area contributed by atoms with Crippen LogP contribution in [0.25, 0.3) is 6.08 Å². The first-order valence-corrected chi connectivity index (χ1v) is 6.07. The van der Waals surface area contributed by atoms with Gasteiger partial charge in [-0.25, -0.2) is 4.98 Å². The molecule has 17 heavy (non-hydrogen) atoms. The number of H-pyrrole nitrogens is 1. The number of benzene rings is 1. The monoisotopic (exact) mass is 245 g/mol. The molecule has 1 aromatic carbocycles. The van der Waals surface area contributed by atoms with Crippen LogP contribution in [0.4, 0.5) is 0 Å². The third-order valence-corrected chi connectivity index (χ3v) is 2.90. The van der Waals surface area contributed by atoms with Crippen LogP contribution in [0.2, 0.25) is 0 Å². The number of carbonyl (C=O) groups excluding carboxylic acids is 1. The Bertz CT molecular complexity index is 494. The summed E-state index contributed by atoms with van der Waals surface area (Å²) in [5.74, 6) is 0.411. The Morgan fingerprint density at radius 1 is 1.35 bits per heavy atom. The molecule has 1 N–H and O–H groups in total. The summed E-state index contributed by atoms with van der Waals surface area (Å²) in [7, 11) is 0. The molecule has 0 aliphatic heterocycles. The summed E-state index contributed by atoms with van der Waals surface area (Å²) in [6, 6.07) is 9.72. The summed E-state index contributed by atoms with van der Waals surface area (Å²) in [6.45, 7) is 0. The highest BCUT2D eigenvalue weighted by molar-refractivity contribution is 7.99. The molecule has 0 radical (unpaired) electrons. The van der Waals surface area contributed by atoms with Crippen molar-refractivity contribution in [3.8, 4) is 0 Å². The van der Waals surface area contributed by atoms with Crippen molar-refractivity contribution in [3.05, 3.63) is 48.3 Å². The Labute approximate surface area is 103 Å². The normalized spacial score (nSPS) is 10.8. The van der Waals surface area contributed by atoms with Gasteiger partial charge in [0.25, 0.3) is 0 Å². The van der Waals surface area contributed by atoms with Gasteiger partial charge in [0.2, 0.25) is 0 Å². The number of nitrogens with zero attached hydrogens (tertiary/aromatic N) is 2. The second-order valence-corrected chi connectivity index (χ2v) is 4.25. The lowest BCUT2D eigenvalue weighted by molar-refractivity contribution is -0.112. The van der Waals surface area contributed by atoms with E-state index in [9.17, 15) is 4.79 Å². The van der Waals surface area contributed by atoms with E-state index in [0.29, 0.717) is 10.9 Å². The number of aromatic nitrogens is 3. The molecule has 86 valence electrons. The van der Waals surface area contributed by atoms with Crippen molar-refractivity contribution in [2.75, 3.05) is 5.75 Å². The fourth-order valence-corrected chi connectivity index (χ4v) is 1.82. The molecule has 2 rings (SSSR count). The minimum Gasteiger partial charge on any atom is -0.294 e. The summed E-state index contributed by atoms with van der Waals surface area (Å²) in [4.78, 5) is 15.5. The number of allylic oxidation sites excluding steroid dienone is 1. The Morgan fingerprint density at radius 2 is 2.18 bits per heavy atom. The van der Waals surface area contributed by atoms with Crippen LogP contribution in [0.3, 0.4) is 0 Å². The first-order valence-electron chi connectivity index (χ1n) is 5.09. The maximum absolute atomic E-state index is 11.5. The quantitative estimate of drug-likeness (QED) is 0.648. The first kappa shape index (κ1) is 11.6. The maximum Gasteiger partial charge on any atom is 0.183 e. The van der Waals surface area contributed by atoms with Crippen molar-refractivity contribution in [1.82, 2.24) is 15.2 Å². The molecular formula is C12H11N3OS. The van der Waals surface area contributed by atoms with Gasteiger partial charge in [0, 0.05) is 0 Å². The van der Waals surface area contributed by atoms with E-state index in [-0.39, 0.29) is 5.78 Å². The third-order valence-electron chi connectivity index (χ3n) is 2.01. The standard InChI is InChI=1S/C12H11N3OS/c16-11(8-17-12-13-9-14-15-12)7-6-10-4-2-1-3-5-10/h1-7,9H,8H2,(H,13,14,15).